The average Bonchev–Trinajstić information content (AvgIpc) is 3.38. The van der Waals surface area contributed by atoms with Crippen LogP contribution in [0.1, 0.15) is 39.9 Å². The molecule has 1 aliphatic rings. The van der Waals surface area contributed by atoms with Gasteiger partial charge in [0.25, 0.3) is 11.8 Å². The molecule has 4 aromatic rings. The minimum atomic E-state index is -4.60. The van der Waals surface area contributed by atoms with Gasteiger partial charge in [-0.2, -0.15) is 18.3 Å². The Morgan fingerprint density at radius 1 is 1.00 bits per heavy atom. The number of carbonyl (C=O) groups is 2. The Bertz CT molecular complexity index is 1520. The van der Waals surface area contributed by atoms with E-state index in [-0.39, 0.29) is 11.5 Å². The van der Waals surface area contributed by atoms with Crippen LogP contribution in [0, 0.1) is 0 Å². The van der Waals surface area contributed by atoms with Gasteiger partial charge in [0.05, 0.1) is 17.4 Å². The number of halogens is 3. The smallest absolute Gasteiger partial charge is 0.388 e. The van der Waals surface area contributed by atoms with Crippen molar-refractivity contribution in [1.82, 2.24) is 15.1 Å². The third kappa shape index (κ3) is 4.85. The first-order valence-corrected chi connectivity index (χ1v) is 12.4. The van der Waals surface area contributed by atoms with Gasteiger partial charge in [0.2, 0.25) is 0 Å². The van der Waals surface area contributed by atoms with Crippen molar-refractivity contribution in [2.75, 3.05) is 23.8 Å². The highest BCUT2D eigenvalue weighted by Crippen LogP contribution is 2.42. The predicted octanol–water partition coefficient (Wildman–Crippen LogP) is 5.23. The van der Waals surface area contributed by atoms with Gasteiger partial charge in [-0.25, -0.2) is 4.68 Å². The number of alkyl halides is 3. The predicted molar refractivity (Wildman–Crippen MR) is 142 cm³/mol. The maximum atomic E-state index is 14.0. The Balaban J connectivity index is 1.63. The first-order valence-electron chi connectivity index (χ1n) is 12.4. The first-order chi connectivity index (χ1) is 18.7. The highest BCUT2D eigenvalue weighted by molar-refractivity contribution is 6.05. The number of nitrogens with one attached hydrogen (secondary N) is 2. The molecule has 0 saturated carbocycles. The summed E-state index contributed by atoms with van der Waals surface area (Å²) in [7, 11) is 1.77. The molecule has 5 rings (SSSR count). The number of hydrogen-bond acceptors (Lipinski definition) is 4. The highest BCUT2D eigenvalue weighted by atomic mass is 19.4. The highest BCUT2D eigenvalue weighted by Gasteiger charge is 2.44. The molecule has 39 heavy (non-hydrogen) atoms. The van der Waals surface area contributed by atoms with Crippen LogP contribution in [-0.2, 0) is 11.0 Å². The number of rotatable bonds is 6. The van der Waals surface area contributed by atoms with Crippen molar-refractivity contribution < 1.29 is 22.8 Å². The molecule has 2 amide bonds. The topological polar surface area (TPSA) is 79.3 Å². The monoisotopic (exact) mass is 533 g/mol. The Morgan fingerprint density at radius 2 is 1.74 bits per heavy atom. The number of nitrogens with zero attached hydrogens (tertiary/aromatic N) is 3. The molecule has 2 heterocycles. The number of carbonyl (C=O) groups excluding carboxylic acids is 2. The van der Waals surface area contributed by atoms with Crippen LogP contribution in [-0.4, -0.2) is 41.2 Å². The quantitative estimate of drug-likeness (QED) is 0.356. The number of amides is 2. The van der Waals surface area contributed by atoms with Crippen molar-refractivity contribution in [2.45, 2.75) is 25.1 Å². The molecular weight excluding hydrogens is 507 g/mol. The Kier molecular flexibility index (Phi) is 6.86. The summed E-state index contributed by atoms with van der Waals surface area (Å²) in [5, 5.41) is 10.4. The standard InChI is InChI=1S/C29H26F3N5O2/c1-3-36-27-23(17-34-37(27)22-13-5-4-6-14-22)24(18-9-8-12-21(16-18)33-2)25(28(36)39)35-26(38)19-10-7-11-20(15-19)29(30,31)32/h4-17,24-25,33H,3H2,1-2H3,(H,35,38)/t24-,25+/m0/s1. The summed E-state index contributed by atoms with van der Waals surface area (Å²) in [4.78, 5) is 28.8. The van der Waals surface area contributed by atoms with E-state index in [0.29, 0.717) is 17.9 Å². The summed E-state index contributed by atoms with van der Waals surface area (Å²) >= 11 is 0. The Labute approximate surface area is 223 Å². The van der Waals surface area contributed by atoms with E-state index in [0.717, 1.165) is 29.1 Å². The van der Waals surface area contributed by atoms with Crippen molar-refractivity contribution >= 4 is 23.3 Å². The van der Waals surface area contributed by atoms with E-state index < -0.39 is 29.6 Å². The third-order valence-electron chi connectivity index (χ3n) is 6.82. The third-order valence-corrected chi connectivity index (χ3v) is 6.82. The number of anilines is 2. The van der Waals surface area contributed by atoms with Crippen LogP contribution in [0.5, 0.6) is 0 Å². The van der Waals surface area contributed by atoms with E-state index in [9.17, 15) is 22.8 Å². The van der Waals surface area contributed by atoms with Crippen molar-refractivity contribution in [1.29, 1.82) is 0 Å². The summed E-state index contributed by atoms with van der Waals surface area (Å²) < 4.78 is 41.6. The summed E-state index contributed by atoms with van der Waals surface area (Å²) in [5.74, 6) is -1.22. The molecule has 7 nitrogen and oxygen atoms in total. The van der Waals surface area contributed by atoms with Crippen LogP contribution in [0.2, 0.25) is 0 Å². The van der Waals surface area contributed by atoms with Gasteiger partial charge in [-0.3, -0.25) is 14.5 Å². The fourth-order valence-corrected chi connectivity index (χ4v) is 4.97. The van der Waals surface area contributed by atoms with Crippen LogP contribution in [0.25, 0.3) is 5.69 Å². The van der Waals surface area contributed by atoms with Crippen LogP contribution >= 0.6 is 0 Å². The first kappa shape index (κ1) is 26.0. The maximum Gasteiger partial charge on any atom is 0.416 e. The van der Waals surface area contributed by atoms with Crippen LogP contribution < -0.4 is 15.5 Å². The van der Waals surface area contributed by atoms with Gasteiger partial charge < -0.3 is 10.6 Å². The lowest BCUT2D eigenvalue weighted by Crippen LogP contribution is -2.55. The number of hydrogen-bond donors (Lipinski definition) is 2. The molecule has 0 spiro atoms. The van der Waals surface area contributed by atoms with Gasteiger partial charge in [0.1, 0.15) is 11.9 Å². The largest absolute Gasteiger partial charge is 0.416 e. The maximum absolute atomic E-state index is 14.0. The summed E-state index contributed by atoms with van der Waals surface area (Å²) in [5.41, 5.74) is 1.90. The number of fused-ring (bicyclic) bond motifs is 1. The van der Waals surface area contributed by atoms with Crippen molar-refractivity contribution in [3.63, 3.8) is 0 Å². The zero-order valence-corrected chi connectivity index (χ0v) is 21.2. The second-order valence-corrected chi connectivity index (χ2v) is 9.14. The molecule has 1 aromatic heterocycles. The zero-order valence-electron chi connectivity index (χ0n) is 21.2. The van der Waals surface area contributed by atoms with E-state index >= 15 is 0 Å². The van der Waals surface area contributed by atoms with E-state index in [2.05, 4.69) is 15.7 Å². The normalized spacial score (nSPS) is 17.1. The molecule has 10 heteroatoms. The van der Waals surface area contributed by atoms with Gasteiger partial charge in [-0.15, -0.1) is 0 Å². The molecule has 0 fully saturated rings. The summed E-state index contributed by atoms with van der Waals surface area (Å²) in [6.45, 7) is 2.11. The lowest BCUT2D eigenvalue weighted by atomic mass is 9.82. The van der Waals surface area contributed by atoms with E-state index in [1.54, 1.807) is 22.8 Å². The lowest BCUT2D eigenvalue weighted by Gasteiger charge is -2.38. The molecule has 2 atom stereocenters. The Morgan fingerprint density at radius 3 is 2.44 bits per heavy atom. The molecule has 0 bridgehead atoms. The number of para-hydroxylation sites is 1. The second kappa shape index (κ2) is 10.3. The molecular formula is C29H26F3N5O2. The second-order valence-electron chi connectivity index (χ2n) is 9.14. The summed E-state index contributed by atoms with van der Waals surface area (Å²) in [6.07, 6.45) is -2.93. The van der Waals surface area contributed by atoms with Gasteiger partial charge in [0.15, 0.2) is 0 Å². The van der Waals surface area contributed by atoms with Gasteiger partial charge in [0, 0.05) is 36.3 Å². The van der Waals surface area contributed by atoms with E-state index in [4.69, 9.17) is 0 Å². The molecule has 2 N–H and O–H groups in total. The van der Waals surface area contributed by atoms with Crippen molar-refractivity contribution in [2.24, 2.45) is 0 Å². The van der Waals surface area contributed by atoms with Gasteiger partial charge >= 0.3 is 6.18 Å². The molecule has 0 unspecified atom stereocenters. The zero-order chi connectivity index (χ0) is 27.7. The minimum absolute atomic E-state index is 0.186. The average molecular weight is 534 g/mol. The Hall–Kier alpha value is -4.60. The van der Waals surface area contributed by atoms with Crippen molar-refractivity contribution in [3.8, 4) is 5.69 Å². The van der Waals surface area contributed by atoms with Crippen LogP contribution in [0.15, 0.2) is 85.1 Å². The molecule has 0 aliphatic carbocycles. The fourth-order valence-electron chi connectivity index (χ4n) is 4.97. The van der Waals surface area contributed by atoms with E-state index in [1.165, 1.54) is 12.1 Å². The van der Waals surface area contributed by atoms with Crippen LogP contribution in [0.4, 0.5) is 24.7 Å². The molecule has 3 aromatic carbocycles. The number of aromatic nitrogens is 2. The van der Waals surface area contributed by atoms with Gasteiger partial charge in [-0.1, -0.05) is 36.4 Å². The van der Waals surface area contributed by atoms with Crippen LogP contribution in [0.3, 0.4) is 0 Å². The van der Waals surface area contributed by atoms with Crippen molar-refractivity contribution in [3.05, 3.63) is 107 Å². The summed E-state index contributed by atoms with van der Waals surface area (Å²) in [6, 6.07) is 19.9. The number of benzene rings is 3. The molecule has 0 radical (unpaired) electrons. The van der Waals surface area contributed by atoms with E-state index in [1.807, 2.05) is 61.5 Å². The molecule has 0 saturated heterocycles. The fraction of sp³-hybridized carbons (Fsp3) is 0.207. The molecule has 1 aliphatic heterocycles. The molecule has 200 valence electrons. The minimum Gasteiger partial charge on any atom is -0.388 e. The number of likely N-dealkylation sites (N-methyl/N-ethyl adjacent to an activating group) is 1. The van der Waals surface area contributed by atoms with Gasteiger partial charge in [-0.05, 0) is 55.0 Å². The SMILES string of the molecule is CCN1C(=O)[C@H](NC(=O)c2cccc(C(F)(F)F)c2)[C@@H](c2cccc(NC)c2)c2cnn(-c3ccccc3)c21. The lowest BCUT2D eigenvalue weighted by molar-refractivity contribution is -0.137.